The molecular weight excluding hydrogens is 454 g/mol. The maximum absolute atomic E-state index is 13.0. The number of benzene rings is 2. The number of carbonyl (C=O) groups excluding carboxylic acids is 2. The summed E-state index contributed by atoms with van der Waals surface area (Å²) in [5.41, 5.74) is 3.46. The van der Waals surface area contributed by atoms with Crippen molar-refractivity contribution in [2.75, 3.05) is 26.3 Å². The first-order valence-corrected chi connectivity index (χ1v) is 12.3. The van der Waals surface area contributed by atoms with Crippen LogP contribution < -0.4 is 10.6 Å². The summed E-state index contributed by atoms with van der Waals surface area (Å²) in [5.74, 6) is -0.442. The lowest BCUT2D eigenvalue weighted by Gasteiger charge is -2.34. The minimum atomic E-state index is -0.718. The van der Waals surface area contributed by atoms with Gasteiger partial charge in [0.15, 0.2) is 0 Å². The zero-order chi connectivity index (χ0) is 23.7. The topological polar surface area (TPSA) is 90.9 Å². The number of nitrogens with zero attached hydrogens (tertiary/aromatic N) is 1. The van der Waals surface area contributed by atoms with Gasteiger partial charge in [-0.15, -0.1) is 0 Å². The Bertz CT molecular complexity index is 1040. The largest absolute Gasteiger partial charge is 0.390 e. The van der Waals surface area contributed by atoms with E-state index in [9.17, 15) is 14.7 Å². The number of halogens is 1. The predicted octanol–water partition coefficient (Wildman–Crippen LogP) is 2.19. The van der Waals surface area contributed by atoms with Crippen molar-refractivity contribution in [1.29, 1.82) is 0 Å². The van der Waals surface area contributed by atoms with E-state index in [-0.39, 0.29) is 41.0 Å². The lowest BCUT2D eigenvalue weighted by Crippen LogP contribution is -2.49. The first-order valence-electron chi connectivity index (χ1n) is 12.0. The molecule has 1 aliphatic carbocycles. The molecule has 3 atom stereocenters. The molecule has 180 valence electrons. The molecule has 0 saturated carbocycles. The molecule has 2 aromatic rings. The predicted molar refractivity (Wildman–Crippen MR) is 129 cm³/mol. The molecular formula is C26H30ClN3O4. The van der Waals surface area contributed by atoms with Gasteiger partial charge in [-0.1, -0.05) is 35.9 Å². The molecule has 2 amide bonds. The van der Waals surface area contributed by atoms with Gasteiger partial charge in [-0.05, 0) is 55.0 Å². The molecule has 0 radical (unpaired) electrons. The Hall–Kier alpha value is -2.45. The van der Waals surface area contributed by atoms with Gasteiger partial charge in [0.05, 0.1) is 42.0 Å². The molecule has 2 aromatic carbocycles. The molecule has 0 aromatic heterocycles. The van der Waals surface area contributed by atoms with Gasteiger partial charge in [-0.3, -0.25) is 9.59 Å². The Morgan fingerprint density at radius 2 is 1.74 bits per heavy atom. The van der Waals surface area contributed by atoms with Crippen LogP contribution in [-0.2, 0) is 17.6 Å². The highest BCUT2D eigenvalue weighted by Crippen LogP contribution is 2.31. The van der Waals surface area contributed by atoms with Gasteiger partial charge in [-0.2, -0.15) is 0 Å². The van der Waals surface area contributed by atoms with Crippen molar-refractivity contribution >= 4 is 23.4 Å². The highest BCUT2D eigenvalue weighted by Gasteiger charge is 2.40. The summed E-state index contributed by atoms with van der Waals surface area (Å²) in [6, 6.07) is 13.7. The van der Waals surface area contributed by atoms with E-state index in [0.29, 0.717) is 31.4 Å². The summed E-state index contributed by atoms with van der Waals surface area (Å²) in [5, 5.41) is 16.7. The fraction of sp³-hybridized carbons (Fsp3) is 0.462. The van der Waals surface area contributed by atoms with Crippen molar-refractivity contribution in [3.8, 4) is 0 Å². The van der Waals surface area contributed by atoms with Crippen LogP contribution in [0, 0.1) is 0 Å². The van der Waals surface area contributed by atoms with Crippen LogP contribution in [0.25, 0.3) is 0 Å². The Kier molecular flexibility index (Phi) is 6.88. The van der Waals surface area contributed by atoms with Gasteiger partial charge in [0.2, 0.25) is 0 Å². The van der Waals surface area contributed by atoms with Crippen LogP contribution in [0.4, 0.5) is 0 Å². The molecule has 2 saturated heterocycles. The Labute approximate surface area is 204 Å². The smallest absolute Gasteiger partial charge is 0.254 e. The van der Waals surface area contributed by atoms with Crippen molar-refractivity contribution in [3.05, 3.63) is 69.7 Å². The highest BCUT2D eigenvalue weighted by molar-refractivity contribution is 6.34. The van der Waals surface area contributed by atoms with Gasteiger partial charge >= 0.3 is 0 Å². The van der Waals surface area contributed by atoms with E-state index in [4.69, 9.17) is 16.3 Å². The van der Waals surface area contributed by atoms with Crippen LogP contribution in [0.5, 0.6) is 0 Å². The Balaban J connectivity index is 1.11. The second kappa shape index (κ2) is 10.0. The number of ether oxygens (including phenoxy) is 1. The number of hydrogen-bond acceptors (Lipinski definition) is 5. The fourth-order valence-corrected chi connectivity index (χ4v) is 5.59. The molecule has 34 heavy (non-hydrogen) atoms. The minimum Gasteiger partial charge on any atom is -0.390 e. The number of aliphatic hydroxyl groups is 1. The molecule has 2 aliphatic heterocycles. The van der Waals surface area contributed by atoms with Crippen LogP contribution in [0.15, 0.2) is 42.5 Å². The van der Waals surface area contributed by atoms with Gasteiger partial charge in [0.1, 0.15) is 0 Å². The summed E-state index contributed by atoms with van der Waals surface area (Å²) >= 11 is 6.37. The molecule has 7 nitrogen and oxygen atoms in total. The normalized spacial score (nSPS) is 22.5. The van der Waals surface area contributed by atoms with Crippen LogP contribution in [0.3, 0.4) is 0 Å². The molecule has 5 rings (SSSR count). The lowest BCUT2D eigenvalue weighted by atomic mass is 10.1. The molecule has 2 heterocycles. The third-order valence-corrected chi connectivity index (χ3v) is 7.44. The highest BCUT2D eigenvalue weighted by atomic mass is 35.5. The number of nitrogens with one attached hydrogen (secondary N) is 2. The Morgan fingerprint density at radius 1 is 1.06 bits per heavy atom. The van der Waals surface area contributed by atoms with E-state index in [1.807, 2.05) is 17.0 Å². The molecule has 2 bridgehead atoms. The molecule has 2 unspecified atom stereocenters. The van der Waals surface area contributed by atoms with Crippen molar-refractivity contribution in [2.24, 2.45) is 0 Å². The average Bonchev–Trinajstić information content (AvgIpc) is 3.37. The zero-order valence-electron chi connectivity index (χ0n) is 19.0. The minimum absolute atomic E-state index is 0.0692. The monoisotopic (exact) mass is 483 g/mol. The van der Waals surface area contributed by atoms with Crippen LogP contribution in [0.1, 0.15) is 44.7 Å². The number of carbonyl (C=O) groups is 2. The number of fused-ring (bicyclic) bond motifs is 3. The van der Waals surface area contributed by atoms with E-state index in [1.54, 1.807) is 18.2 Å². The summed E-state index contributed by atoms with van der Waals surface area (Å²) in [7, 11) is 0. The lowest BCUT2D eigenvalue weighted by molar-refractivity contribution is -0.00716. The number of hydrogen-bond donors (Lipinski definition) is 3. The van der Waals surface area contributed by atoms with Crippen molar-refractivity contribution in [3.63, 3.8) is 0 Å². The molecule has 0 spiro atoms. The van der Waals surface area contributed by atoms with Crippen molar-refractivity contribution in [2.45, 2.75) is 49.9 Å². The maximum atomic E-state index is 13.0. The quantitative estimate of drug-likeness (QED) is 0.561. The molecule has 2 fully saturated rings. The molecule has 3 aliphatic rings. The first kappa shape index (κ1) is 23.3. The van der Waals surface area contributed by atoms with Gasteiger partial charge < -0.3 is 25.4 Å². The van der Waals surface area contributed by atoms with Gasteiger partial charge in [-0.25, -0.2) is 0 Å². The standard InChI is InChI=1S/C26H30ClN3O4/c27-24-11-18(26(33)30-20-6-7-21(30)15-34-14-20)5-8-23(24)25(32)29-13-22(31)12-28-19-9-16-3-1-2-4-17(16)10-19/h1-5,8,11,19-22,28,31H,6-7,9-10,12-15H2,(H,29,32)/t20?,21?,22-/m0/s1. The van der Waals surface area contributed by atoms with E-state index < -0.39 is 6.10 Å². The number of aliphatic hydroxyl groups excluding tert-OH is 1. The van der Waals surface area contributed by atoms with Crippen LogP contribution in [-0.4, -0.2) is 72.4 Å². The van der Waals surface area contributed by atoms with Crippen LogP contribution in [0.2, 0.25) is 5.02 Å². The average molecular weight is 484 g/mol. The second-order valence-corrected chi connectivity index (χ2v) is 9.88. The third kappa shape index (κ3) is 4.84. The molecule has 8 heteroatoms. The third-order valence-electron chi connectivity index (χ3n) is 7.13. The number of morpholine rings is 1. The number of amides is 2. The summed E-state index contributed by atoms with van der Waals surface area (Å²) in [6.07, 6.45) is 3.08. The molecule has 3 N–H and O–H groups in total. The van der Waals surface area contributed by atoms with Gasteiger partial charge in [0.25, 0.3) is 11.8 Å². The van der Waals surface area contributed by atoms with Crippen LogP contribution >= 0.6 is 11.6 Å². The summed E-state index contributed by atoms with van der Waals surface area (Å²) < 4.78 is 5.56. The van der Waals surface area contributed by atoms with E-state index >= 15 is 0 Å². The Morgan fingerprint density at radius 3 is 2.38 bits per heavy atom. The summed E-state index contributed by atoms with van der Waals surface area (Å²) in [4.78, 5) is 27.6. The van der Waals surface area contributed by atoms with Gasteiger partial charge in [0, 0.05) is 24.7 Å². The van der Waals surface area contributed by atoms with Crippen molar-refractivity contribution in [1.82, 2.24) is 15.5 Å². The van der Waals surface area contributed by atoms with E-state index in [0.717, 1.165) is 25.7 Å². The fourth-order valence-electron chi connectivity index (χ4n) is 5.33. The SMILES string of the molecule is O=C(NC[C@@H](O)CNC1Cc2ccccc2C1)c1ccc(C(=O)N2C3CCC2COC3)cc1Cl. The van der Waals surface area contributed by atoms with Crippen molar-refractivity contribution < 1.29 is 19.4 Å². The van der Waals surface area contributed by atoms with E-state index in [1.165, 1.54) is 11.1 Å². The first-order chi connectivity index (χ1) is 16.5. The maximum Gasteiger partial charge on any atom is 0.254 e. The number of rotatable bonds is 7. The van der Waals surface area contributed by atoms with E-state index in [2.05, 4.69) is 22.8 Å². The summed E-state index contributed by atoms with van der Waals surface area (Å²) in [6.45, 7) is 1.64. The second-order valence-electron chi connectivity index (χ2n) is 9.48. The zero-order valence-corrected chi connectivity index (χ0v) is 19.8.